The Morgan fingerprint density at radius 2 is 1.53 bits per heavy atom. The average molecular weight is 202 g/mol. The first-order valence-corrected chi connectivity index (χ1v) is 5.19. The van der Waals surface area contributed by atoms with E-state index < -0.39 is 0 Å². The number of hydrogen-bond acceptors (Lipinski definition) is 1. The summed E-state index contributed by atoms with van der Waals surface area (Å²) in [6.07, 6.45) is 1.70. The Balaban J connectivity index is 3.32. The average Bonchev–Trinajstić information content (AvgIpc) is 1.99. The normalized spacial score (nSPS) is 11.7. The predicted octanol–water partition coefficient (Wildman–Crippen LogP) is 3.60. The van der Waals surface area contributed by atoms with Gasteiger partial charge in [-0.1, -0.05) is 17.7 Å². The molecule has 0 atom stereocenters. The molecule has 0 heterocycles. The topological polar surface area (TPSA) is 17.1 Å². The zero-order chi connectivity index (χ0) is 11.6. The Labute approximate surface area is 91.8 Å². The molecule has 1 aromatic carbocycles. The fraction of sp³-hybridized carbons (Fsp3) is 0.357. The highest BCUT2D eigenvalue weighted by Crippen LogP contribution is 2.23. The van der Waals surface area contributed by atoms with Gasteiger partial charge in [0.25, 0.3) is 0 Å². The second kappa shape index (κ2) is 4.43. The molecular weight excluding hydrogens is 184 g/mol. The van der Waals surface area contributed by atoms with E-state index in [0.29, 0.717) is 0 Å². The van der Waals surface area contributed by atoms with Crippen LogP contribution in [0.5, 0.6) is 0 Å². The summed E-state index contributed by atoms with van der Waals surface area (Å²) >= 11 is 0. The van der Waals surface area contributed by atoms with Crippen molar-refractivity contribution in [3.05, 3.63) is 40.5 Å². The lowest BCUT2D eigenvalue weighted by molar-refractivity contribution is -0.112. The largest absolute Gasteiger partial charge is 0.295 e. The summed E-state index contributed by atoms with van der Waals surface area (Å²) in [5.41, 5.74) is 6.00. The van der Waals surface area contributed by atoms with Gasteiger partial charge in [-0.25, -0.2) is 0 Å². The van der Waals surface area contributed by atoms with Gasteiger partial charge in [0.1, 0.15) is 0 Å². The molecule has 0 bridgehead atoms. The molecule has 0 aliphatic carbocycles. The molecule has 0 aromatic heterocycles. The third-order valence-electron chi connectivity index (χ3n) is 2.49. The minimum atomic E-state index is 0.104. The number of hydrogen-bond donors (Lipinski definition) is 0. The van der Waals surface area contributed by atoms with E-state index >= 15 is 0 Å². The van der Waals surface area contributed by atoms with Gasteiger partial charge in [0.05, 0.1) is 0 Å². The van der Waals surface area contributed by atoms with Crippen LogP contribution in [0.2, 0.25) is 0 Å². The van der Waals surface area contributed by atoms with Crippen molar-refractivity contribution >= 4 is 11.4 Å². The van der Waals surface area contributed by atoms with Crippen molar-refractivity contribution in [3.8, 4) is 0 Å². The molecule has 0 aliphatic rings. The molecule has 1 heteroatoms. The fourth-order valence-corrected chi connectivity index (χ4v) is 2.18. The van der Waals surface area contributed by atoms with Gasteiger partial charge in [0.15, 0.2) is 5.78 Å². The smallest absolute Gasteiger partial charge is 0.152 e. The first kappa shape index (κ1) is 11.7. The number of aryl methyl sites for hydroxylation is 3. The summed E-state index contributed by atoms with van der Waals surface area (Å²) in [5.74, 6) is 0.104. The number of benzene rings is 1. The first-order chi connectivity index (χ1) is 6.91. The minimum absolute atomic E-state index is 0.104. The fourth-order valence-electron chi connectivity index (χ4n) is 2.18. The number of carbonyl (C=O) groups excluding carboxylic acids is 1. The van der Waals surface area contributed by atoms with Crippen LogP contribution in [0.25, 0.3) is 5.57 Å². The van der Waals surface area contributed by atoms with Crippen molar-refractivity contribution in [3.63, 3.8) is 0 Å². The maximum atomic E-state index is 11.0. The highest BCUT2D eigenvalue weighted by Gasteiger charge is 2.05. The van der Waals surface area contributed by atoms with E-state index in [-0.39, 0.29) is 5.78 Å². The monoisotopic (exact) mass is 202 g/mol. The molecule has 15 heavy (non-hydrogen) atoms. The number of rotatable bonds is 2. The van der Waals surface area contributed by atoms with Crippen LogP contribution < -0.4 is 0 Å². The third kappa shape index (κ3) is 2.79. The molecule has 0 saturated carbocycles. The summed E-state index contributed by atoms with van der Waals surface area (Å²) in [6.45, 7) is 9.85. The van der Waals surface area contributed by atoms with Crippen molar-refractivity contribution in [1.29, 1.82) is 0 Å². The summed E-state index contributed by atoms with van der Waals surface area (Å²) < 4.78 is 0. The van der Waals surface area contributed by atoms with Crippen molar-refractivity contribution in [1.82, 2.24) is 0 Å². The Bertz CT molecular complexity index is 402. The molecule has 1 nitrogen and oxygen atoms in total. The van der Waals surface area contributed by atoms with E-state index in [4.69, 9.17) is 0 Å². The van der Waals surface area contributed by atoms with Crippen LogP contribution in [-0.2, 0) is 4.79 Å². The summed E-state index contributed by atoms with van der Waals surface area (Å²) in [7, 11) is 0. The van der Waals surface area contributed by atoms with Gasteiger partial charge >= 0.3 is 0 Å². The van der Waals surface area contributed by atoms with Crippen LogP contribution in [-0.4, -0.2) is 5.78 Å². The molecule has 0 fully saturated rings. The summed E-state index contributed by atoms with van der Waals surface area (Å²) in [6, 6.07) is 4.31. The van der Waals surface area contributed by atoms with Gasteiger partial charge in [-0.05, 0) is 63.0 Å². The zero-order valence-corrected chi connectivity index (χ0v) is 10.1. The van der Waals surface area contributed by atoms with Gasteiger partial charge in [-0.3, -0.25) is 4.79 Å². The highest BCUT2D eigenvalue weighted by atomic mass is 16.1. The van der Waals surface area contributed by atoms with Crippen molar-refractivity contribution in [2.45, 2.75) is 34.6 Å². The van der Waals surface area contributed by atoms with Crippen LogP contribution in [0.3, 0.4) is 0 Å². The molecule has 0 unspecified atom stereocenters. The molecule has 0 aliphatic heterocycles. The van der Waals surface area contributed by atoms with Crippen LogP contribution in [0.4, 0.5) is 0 Å². The second-order valence-electron chi connectivity index (χ2n) is 4.21. The van der Waals surface area contributed by atoms with E-state index in [0.717, 1.165) is 5.57 Å². The molecular formula is C14H18O. The molecule has 1 rings (SSSR count). The highest BCUT2D eigenvalue weighted by molar-refractivity contribution is 5.95. The predicted molar refractivity (Wildman–Crippen MR) is 65.0 cm³/mol. The van der Waals surface area contributed by atoms with Crippen LogP contribution in [0, 0.1) is 20.8 Å². The third-order valence-corrected chi connectivity index (χ3v) is 2.49. The van der Waals surface area contributed by atoms with Crippen LogP contribution >= 0.6 is 0 Å². The number of allylic oxidation sites excluding steroid dienone is 2. The van der Waals surface area contributed by atoms with E-state index in [9.17, 15) is 4.79 Å². The Kier molecular flexibility index (Phi) is 3.46. The standard InChI is InChI=1S/C14H18O/c1-9-6-10(2)14(11(3)7-9)12(4)8-13(5)15/h6-8H,1-5H3. The summed E-state index contributed by atoms with van der Waals surface area (Å²) in [5, 5.41) is 0. The minimum Gasteiger partial charge on any atom is -0.295 e. The Morgan fingerprint density at radius 1 is 1.07 bits per heavy atom. The van der Waals surface area contributed by atoms with Crippen LogP contribution in [0.15, 0.2) is 18.2 Å². The van der Waals surface area contributed by atoms with E-state index in [1.165, 1.54) is 22.3 Å². The van der Waals surface area contributed by atoms with Crippen molar-refractivity contribution < 1.29 is 4.79 Å². The quantitative estimate of drug-likeness (QED) is 0.670. The molecule has 80 valence electrons. The lowest BCUT2D eigenvalue weighted by atomic mass is 9.94. The zero-order valence-electron chi connectivity index (χ0n) is 10.1. The summed E-state index contributed by atoms with van der Waals surface area (Å²) in [4.78, 5) is 11.0. The van der Waals surface area contributed by atoms with E-state index in [1.54, 1.807) is 13.0 Å². The molecule has 0 radical (unpaired) electrons. The van der Waals surface area contributed by atoms with Crippen molar-refractivity contribution in [2.24, 2.45) is 0 Å². The Hall–Kier alpha value is -1.37. The van der Waals surface area contributed by atoms with Gasteiger partial charge < -0.3 is 0 Å². The first-order valence-electron chi connectivity index (χ1n) is 5.19. The van der Waals surface area contributed by atoms with Crippen molar-refractivity contribution in [2.75, 3.05) is 0 Å². The lowest BCUT2D eigenvalue weighted by Gasteiger charge is -2.11. The lowest BCUT2D eigenvalue weighted by Crippen LogP contribution is -1.94. The molecule has 1 aromatic rings. The SMILES string of the molecule is CC(=O)C=C(C)c1c(C)cc(C)cc1C. The molecule has 0 N–H and O–H groups in total. The Morgan fingerprint density at radius 3 is 1.93 bits per heavy atom. The molecule has 0 amide bonds. The maximum absolute atomic E-state index is 11.0. The van der Waals surface area contributed by atoms with Gasteiger partial charge in [-0.2, -0.15) is 0 Å². The van der Waals surface area contributed by atoms with E-state index in [2.05, 4.69) is 32.9 Å². The van der Waals surface area contributed by atoms with Gasteiger partial charge in [-0.15, -0.1) is 0 Å². The maximum Gasteiger partial charge on any atom is 0.152 e. The number of ketones is 1. The second-order valence-corrected chi connectivity index (χ2v) is 4.21. The van der Waals surface area contributed by atoms with Gasteiger partial charge in [0, 0.05) is 0 Å². The van der Waals surface area contributed by atoms with Crippen LogP contribution in [0.1, 0.15) is 36.1 Å². The van der Waals surface area contributed by atoms with E-state index in [1.807, 2.05) is 6.92 Å². The molecule has 0 spiro atoms. The number of carbonyl (C=O) groups is 1. The molecule has 0 saturated heterocycles. The van der Waals surface area contributed by atoms with Gasteiger partial charge in [0.2, 0.25) is 0 Å².